The molecule has 0 aliphatic rings. The molecule has 0 saturated carbocycles. The first-order valence-electron chi connectivity index (χ1n) is 9.86. The van der Waals surface area contributed by atoms with E-state index in [0.717, 1.165) is 6.42 Å². The van der Waals surface area contributed by atoms with Gasteiger partial charge < -0.3 is 5.32 Å². The number of para-hydroxylation sites is 1. The van der Waals surface area contributed by atoms with Gasteiger partial charge in [0.1, 0.15) is 0 Å². The van der Waals surface area contributed by atoms with Crippen LogP contribution < -0.4 is 10.9 Å². The molecule has 7 heteroatoms. The van der Waals surface area contributed by atoms with Crippen LogP contribution in [0.2, 0.25) is 0 Å². The molecule has 3 rings (SSSR count). The van der Waals surface area contributed by atoms with Crippen LogP contribution in [0.5, 0.6) is 0 Å². The molecule has 0 saturated heterocycles. The van der Waals surface area contributed by atoms with Crippen molar-refractivity contribution in [3.05, 3.63) is 64.4 Å². The number of nitriles is 1. The van der Waals surface area contributed by atoms with Gasteiger partial charge in [-0.25, -0.2) is 4.98 Å². The Kier molecular flexibility index (Phi) is 6.91. The summed E-state index contributed by atoms with van der Waals surface area (Å²) in [5, 5.41) is 12.5. The molecule has 3 aromatic rings. The van der Waals surface area contributed by atoms with Gasteiger partial charge in [0.25, 0.3) is 5.56 Å². The van der Waals surface area contributed by atoms with Crippen molar-refractivity contribution in [3.8, 4) is 6.07 Å². The number of thioether (sulfide) groups is 1. The van der Waals surface area contributed by atoms with Crippen molar-refractivity contribution in [2.45, 2.75) is 44.1 Å². The van der Waals surface area contributed by atoms with Crippen molar-refractivity contribution < 1.29 is 4.79 Å². The molecule has 1 amide bonds. The van der Waals surface area contributed by atoms with Gasteiger partial charge in [0, 0.05) is 12.2 Å². The Labute approximate surface area is 179 Å². The van der Waals surface area contributed by atoms with Gasteiger partial charge in [-0.05, 0) is 49.6 Å². The second-order valence-corrected chi connectivity index (χ2v) is 8.80. The van der Waals surface area contributed by atoms with E-state index in [-0.39, 0.29) is 11.5 Å². The maximum Gasteiger partial charge on any atom is 0.262 e. The van der Waals surface area contributed by atoms with Gasteiger partial charge in [-0.2, -0.15) is 5.26 Å². The smallest absolute Gasteiger partial charge is 0.262 e. The SMILES string of the molecule is CC(C)CCn1c(S[C@@H](C)C(=O)Nc2cccc(C#N)c2)nc2ccccc2c1=O. The number of fused-ring (bicyclic) bond motifs is 1. The molecule has 0 fully saturated rings. The molecule has 30 heavy (non-hydrogen) atoms. The van der Waals surface area contributed by atoms with Gasteiger partial charge >= 0.3 is 0 Å². The summed E-state index contributed by atoms with van der Waals surface area (Å²) < 4.78 is 1.67. The molecule has 0 radical (unpaired) electrons. The molecule has 1 heterocycles. The number of anilines is 1. The van der Waals surface area contributed by atoms with Crippen LogP contribution >= 0.6 is 11.8 Å². The van der Waals surface area contributed by atoms with E-state index >= 15 is 0 Å². The summed E-state index contributed by atoms with van der Waals surface area (Å²) in [6, 6.07) is 16.1. The molecule has 0 spiro atoms. The first-order valence-corrected chi connectivity index (χ1v) is 10.7. The Bertz CT molecular complexity index is 1160. The minimum atomic E-state index is -0.478. The zero-order valence-electron chi connectivity index (χ0n) is 17.3. The third-order valence-corrected chi connectivity index (χ3v) is 5.76. The molecule has 0 bridgehead atoms. The Morgan fingerprint density at radius 2 is 1.97 bits per heavy atom. The van der Waals surface area contributed by atoms with E-state index in [1.54, 1.807) is 41.8 Å². The van der Waals surface area contributed by atoms with Gasteiger partial charge in [0.2, 0.25) is 5.91 Å². The van der Waals surface area contributed by atoms with Crippen molar-refractivity contribution in [3.63, 3.8) is 0 Å². The summed E-state index contributed by atoms with van der Waals surface area (Å²) in [6.07, 6.45) is 0.842. The van der Waals surface area contributed by atoms with E-state index < -0.39 is 5.25 Å². The molecular weight excluding hydrogens is 396 g/mol. The number of aromatic nitrogens is 2. The highest BCUT2D eigenvalue weighted by Crippen LogP contribution is 2.24. The van der Waals surface area contributed by atoms with Crippen molar-refractivity contribution >= 4 is 34.3 Å². The number of amides is 1. The average Bonchev–Trinajstić information content (AvgIpc) is 2.73. The van der Waals surface area contributed by atoms with E-state index in [2.05, 4.69) is 30.2 Å². The lowest BCUT2D eigenvalue weighted by atomic mass is 10.1. The maximum absolute atomic E-state index is 13.1. The van der Waals surface area contributed by atoms with Crippen LogP contribution in [-0.2, 0) is 11.3 Å². The molecule has 154 valence electrons. The standard InChI is InChI=1S/C23H24N4O2S/c1-15(2)11-12-27-22(29)19-9-4-5-10-20(19)26-23(27)30-16(3)21(28)25-18-8-6-7-17(13-18)14-24/h4-10,13,15-16H,11-12H2,1-3H3,(H,25,28)/t16-/m0/s1. The van der Waals surface area contributed by atoms with Gasteiger partial charge in [-0.15, -0.1) is 0 Å². The zero-order valence-corrected chi connectivity index (χ0v) is 18.1. The fourth-order valence-electron chi connectivity index (χ4n) is 2.94. The molecule has 1 N–H and O–H groups in total. The number of carbonyl (C=O) groups excluding carboxylic acids is 1. The molecule has 1 atom stereocenters. The van der Waals surface area contributed by atoms with Crippen LogP contribution in [0, 0.1) is 17.2 Å². The van der Waals surface area contributed by atoms with Crippen molar-refractivity contribution in [2.75, 3.05) is 5.32 Å². The Hall–Kier alpha value is -3.11. The van der Waals surface area contributed by atoms with Crippen LogP contribution in [0.15, 0.2) is 58.5 Å². The van der Waals surface area contributed by atoms with E-state index in [0.29, 0.717) is 39.8 Å². The number of carbonyl (C=O) groups is 1. The average molecular weight is 421 g/mol. The third-order valence-electron chi connectivity index (χ3n) is 4.67. The molecule has 0 aliphatic carbocycles. The molecular formula is C23H24N4O2S. The second-order valence-electron chi connectivity index (χ2n) is 7.49. The number of hydrogen-bond acceptors (Lipinski definition) is 5. The quantitative estimate of drug-likeness (QED) is 0.451. The number of hydrogen-bond donors (Lipinski definition) is 1. The van der Waals surface area contributed by atoms with Gasteiger partial charge in [-0.3, -0.25) is 14.2 Å². The minimum Gasteiger partial charge on any atom is -0.325 e. The first kappa shape index (κ1) is 21.6. The highest BCUT2D eigenvalue weighted by atomic mass is 32.2. The number of rotatable bonds is 7. The maximum atomic E-state index is 13.1. The largest absolute Gasteiger partial charge is 0.325 e. The predicted molar refractivity (Wildman–Crippen MR) is 121 cm³/mol. The first-order chi connectivity index (χ1) is 14.4. The summed E-state index contributed by atoms with van der Waals surface area (Å²) in [6.45, 7) is 6.55. The fraction of sp³-hybridized carbons (Fsp3) is 0.304. The topological polar surface area (TPSA) is 87.8 Å². The number of benzene rings is 2. The van der Waals surface area contributed by atoms with Crippen LogP contribution in [0.25, 0.3) is 10.9 Å². The summed E-state index contributed by atoms with van der Waals surface area (Å²) in [4.78, 5) is 30.4. The molecule has 0 unspecified atom stereocenters. The highest BCUT2D eigenvalue weighted by molar-refractivity contribution is 8.00. The van der Waals surface area contributed by atoms with Gasteiger partial charge in [-0.1, -0.05) is 43.8 Å². The Morgan fingerprint density at radius 3 is 2.70 bits per heavy atom. The normalized spacial score (nSPS) is 12.0. The lowest BCUT2D eigenvalue weighted by Gasteiger charge is -2.17. The van der Waals surface area contributed by atoms with E-state index in [1.807, 2.05) is 18.2 Å². The molecule has 2 aromatic carbocycles. The number of nitrogens with zero attached hydrogens (tertiary/aromatic N) is 3. The van der Waals surface area contributed by atoms with Crippen molar-refractivity contribution in [1.82, 2.24) is 9.55 Å². The minimum absolute atomic E-state index is 0.0851. The molecule has 0 aliphatic heterocycles. The summed E-state index contributed by atoms with van der Waals surface area (Å²) >= 11 is 1.26. The van der Waals surface area contributed by atoms with Gasteiger partial charge in [0.05, 0.1) is 27.8 Å². The van der Waals surface area contributed by atoms with Crippen LogP contribution in [0.3, 0.4) is 0 Å². The Balaban J connectivity index is 1.87. The van der Waals surface area contributed by atoms with Crippen LogP contribution in [0.4, 0.5) is 5.69 Å². The summed E-state index contributed by atoms with van der Waals surface area (Å²) in [5.41, 5.74) is 1.58. The van der Waals surface area contributed by atoms with E-state index in [9.17, 15) is 9.59 Å². The predicted octanol–water partition coefficient (Wildman–Crippen LogP) is 4.43. The summed E-state index contributed by atoms with van der Waals surface area (Å²) in [5.74, 6) is 0.224. The van der Waals surface area contributed by atoms with Crippen molar-refractivity contribution in [2.24, 2.45) is 5.92 Å². The fourth-order valence-corrected chi connectivity index (χ4v) is 3.88. The highest BCUT2D eigenvalue weighted by Gasteiger charge is 2.20. The lowest BCUT2D eigenvalue weighted by Crippen LogP contribution is -2.27. The Morgan fingerprint density at radius 1 is 1.20 bits per heavy atom. The third kappa shape index (κ3) is 5.08. The second kappa shape index (κ2) is 9.59. The monoisotopic (exact) mass is 420 g/mol. The number of nitrogens with one attached hydrogen (secondary N) is 1. The van der Waals surface area contributed by atoms with Crippen LogP contribution in [-0.4, -0.2) is 20.7 Å². The van der Waals surface area contributed by atoms with E-state index in [1.165, 1.54) is 11.8 Å². The summed E-state index contributed by atoms with van der Waals surface area (Å²) in [7, 11) is 0. The zero-order chi connectivity index (χ0) is 21.7. The van der Waals surface area contributed by atoms with E-state index in [4.69, 9.17) is 5.26 Å². The molecule has 6 nitrogen and oxygen atoms in total. The van der Waals surface area contributed by atoms with Crippen molar-refractivity contribution in [1.29, 1.82) is 5.26 Å². The lowest BCUT2D eigenvalue weighted by molar-refractivity contribution is -0.115. The van der Waals surface area contributed by atoms with Crippen LogP contribution in [0.1, 0.15) is 32.8 Å². The molecule has 1 aromatic heterocycles. The van der Waals surface area contributed by atoms with Gasteiger partial charge in [0.15, 0.2) is 5.16 Å².